The van der Waals surface area contributed by atoms with Gasteiger partial charge < -0.3 is 9.72 Å². The predicted molar refractivity (Wildman–Crippen MR) is 94.8 cm³/mol. The molecule has 0 unspecified atom stereocenters. The van der Waals surface area contributed by atoms with Gasteiger partial charge in [0.05, 0.1) is 18.4 Å². The van der Waals surface area contributed by atoms with Crippen LogP contribution in [-0.4, -0.2) is 23.8 Å². The van der Waals surface area contributed by atoms with Crippen molar-refractivity contribution in [2.45, 2.75) is 26.8 Å². The number of H-pyrrole nitrogens is 1. The first kappa shape index (κ1) is 16.9. The molecule has 0 fully saturated rings. The Labute approximate surface area is 146 Å². The molecule has 0 radical (unpaired) electrons. The normalized spacial score (nSPS) is 12.2. The third-order valence-corrected chi connectivity index (χ3v) is 4.61. The fourth-order valence-electron chi connectivity index (χ4n) is 3.14. The Morgan fingerprint density at radius 2 is 1.80 bits per heavy atom. The molecular weight excluding hydrogens is 316 g/mol. The number of methoxy groups -OCH3 is 1. The summed E-state index contributed by atoms with van der Waals surface area (Å²) in [6, 6.07) is 9.61. The molecular formula is C20H21N2O3+. The predicted octanol–water partition coefficient (Wildman–Crippen LogP) is 3.30. The second-order valence-electron chi connectivity index (χ2n) is 6.18. The molecule has 2 aromatic heterocycles. The van der Waals surface area contributed by atoms with Crippen LogP contribution in [0.2, 0.25) is 0 Å². The molecule has 0 aliphatic rings. The van der Waals surface area contributed by atoms with E-state index in [-0.39, 0.29) is 5.78 Å². The number of fused-ring (bicyclic) bond motifs is 1. The zero-order valence-electron chi connectivity index (χ0n) is 14.8. The number of nitrogens with zero attached hydrogens (tertiary/aromatic N) is 1. The van der Waals surface area contributed by atoms with Crippen LogP contribution in [-0.2, 0) is 4.74 Å². The fraction of sp³-hybridized carbons (Fsp3) is 0.250. The average Bonchev–Trinajstić information content (AvgIpc) is 2.93. The summed E-state index contributed by atoms with van der Waals surface area (Å²) in [5, 5.41) is 2.19. The summed E-state index contributed by atoms with van der Waals surface area (Å²) in [7, 11) is 1.34. The van der Waals surface area contributed by atoms with Gasteiger partial charge in [0.25, 0.3) is 0 Å². The molecule has 0 aliphatic heterocycles. The third-order valence-electron chi connectivity index (χ3n) is 4.61. The molecule has 1 atom stereocenters. The number of rotatable bonds is 4. The van der Waals surface area contributed by atoms with Gasteiger partial charge in [0.2, 0.25) is 11.8 Å². The lowest BCUT2D eigenvalue weighted by molar-refractivity contribution is -0.703. The number of ether oxygens (including phenoxy) is 1. The lowest BCUT2D eigenvalue weighted by atomic mass is 10.0. The Bertz CT molecular complexity index is 972. The van der Waals surface area contributed by atoms with Crippen molar-refractivity contribution in [2.24, 2.45) is 0 Å². The zero-order chi connectivity index (χ0) is 18.1. The Morgan fingerprint density at radius 1 is 1.12 bits per heavy atom. The largest absolute Gasteiger partial charge is 0.465 e. The number of Topliss-reactive ketones (excluding diaryl/α,β-unsaturated/α-hetero) is 1. The van der Waals surface area contributed by atoms with E-state index < -0.39 is 12.0 Å². The number of ketones is 1. The van der Waals surface area contributed by atoms with Crippen LogP contribution < -0.4 is 4.57 Å². The molecule has 1 aromatic carbocycles. The molecule has 1 N–H and O–H groups in total. The number of esters is 1. The SMILES string of the molecule is COC(=O)c1c(C)[nH]c(C(=O)[C@@H](C)[n+]2ccc3ccccc3c2)c1C. The number of carbonyl (C=O) groups excluding carboxylic acids is 2. The summed E-state index contributed by atoms with van der Waals surface area (Å²) >= 11 is 0. The Morgan fingerprint density at radius 3 is 2.48 bits per heavy atom. The lowest BCUT2D eigenvalue weighted by Gasteiger charge is -2.07. The summed E-state index contributed by atoms with van der Waals surface area (Å²) in [5.41, 5.74) is 2.15. The van der Waals surface area contributed by atoms with Crippen molar-refractivity contribution in [3.8, 4) is 0 Å². The van der Waals surface area contributed by atoms with Crippen LogP contribution in [0.5, 0.6) is 0 Å². The van der Waals surface area contributed by atoms with Gasteiger partial charge in [-0.05, 0) is 30.9 Å². The van der Waals surface area contributed by atoms with Crippen LogP contribution in [0, 0.1) is 13.8 Å². The lowest BCUT2D eigenvalue weighted by Crippen LogP contribution is -2.42. The number of pyridine rings is 1. The van der Waals surface area contributed by atoms with E-state index in [2.05, 4.69) is 4.98 Å². The minimum absolute atomic E-state index is 0.0731. The first-order valence-corrected chi connectivity index (χ1v) is 8.15. The minimum Gasteiger partial charge on any atom is -0.465 e. The smallest absolute Gasteiger partial charge is 0.339 e. The molecule has 128 valence electrons. The van der Waals surface area contributed by atoms with Gasteiger partial charge in [-0.3, -0.25) is 4.79 Å². The highest BCUT2D eigenvalue weighted by atomic mass is 16.5. The highest BCUT2D eigenvalue weighted by Crippen LogP contribution is 2.22. The van der Waals surface area contributed by atoms with Crippen molar-refractivity contribution in [3.05, 3.63) is 65.2 Å². The van der Waals surface area contributed by atoms with Crippen molar-refractivity contribution in [3.63, 3.8) is 0 Å². The minimum atomic E-state index is -0.434. The first-order valence-electron chi connectivity index (χ1n) is 8.15. The van der Waals surface area contributed by atoms with Crippen LogP contribution in [0.4, 0.5) is 0 Å². The number of hydrogen-bond acceptors (Lipinski definition) is 3. The van der Waals surface area contributed by atoms with Crippen molar-refractivity contribution in [2.75, 3.05) is 7.11 Å². The molecule has 5 nitrogen and oxygen atoms in total. The molecule has 5 heteroatoms. The van der Waals surface area contributed by atoms with Crippen LogP contribution in [0.25, 0.3) is 10.8 Å². The van der Waals surface area contributed by atoms with Gasteiger partial charge in [-0.1, -0.05) is 18.2 Å². The van der Waals surface area contributed by atoms with Crippen LogP contribution in [0.15, 0.2) is 42.7 Å². The number of aryl methyl sites for hydroxylation is 1. The third kappa shape index (κ3) is 2.93. The summed E-state index contributed by atoms with van der Waals surface area (Å²) in [6.07, 6.45) is 3.86. The van der Waals surface area contributed by atoms with E-state index in [1.165, 1.54) is 7.11 Å². The molecule has 0 saturated carbocycles. The highest BCUT2D eigenvalue weighted by molar-refractivity contribution is 6.02. The summed E-state index contributed by atoms with van der Waals surface area (Å²) < 4.78 is 6.70. The Hall–Kier alpha value is -2.95. The standard InChI is InChI=1S/C20H20N2O3/c1-12-17(20(24)25-4)13(2)21-18(12)19(23)14(3)22-10-9-15-7-5-6-8-16(15)11-22/h5-11,14H,1-4H3/p+1/t14-/m1/s1. The number of benzene rings is 1. The number of nitrogens with one attached hydrogen (secondary N) is 1. The topological polar surface area (TPSA) is 63.0 Å². The Balaban J connectivity index is 1.98. The summed E-state index contributed by atoms with van der Waals surface area (Å²) in [5.74, 6) is -0.507. The van der Waals surface area contributed by atoms with Gasteiger partial charge in [-0.15, -0.1) is 0 Å². The molecule has 3 rings (SSSR count). The van der Waals surface area contributed by atoms with E-state index in [4.69, 9.17) is 4.74 Å². The summed E-state index contributed by atoms with van der Waals surface area (Å²) in [4.78, 5) is 27.9. The molecule has 0 aliphatic carbocycles. The van der Waals surface area contributed by atoms with E-state index in [9.17, 15) is 9.59 Å². The number of hydrogen-bond donors (Lipinski definition) is 1. The van der Waals surface area contributed by atoms with Gasteiger partial charge in [0, 0.05) is 24.1 Å². The van der Waals surface area contributed by atoms with Gasteiger partial charge in [0.15, 0.2) is 12.4 Å². The second kappa shape index (κ2) is 6.51. The quantitative estimate of drug-likeness (QED) is 0.451. The van der Waals surface area contributed by atoms with Gasteiger partial charge in [0.1, 0.15) is 0 Å². The molecule has 0 bridgehead atoms. The van der Waals surface area contributed by atoms with Gasteiger partial charge in [-0.25, -0.2) is 4.79 Å². The zero-order valence-corrected chi connectivity index (χ0v) is 14.8. The fourth-order valence-corrected chi connectivity index (χ4v) is 3.14. The van der Waals surface area contributed by atoms with Crippen molar-refractivity contribution in [1.82, 2.24) is 4.98 Å². The monoisotopic (exact) mass is 337 g/mol. The van der Waals surface area contributed by atoms with E-state index >= 15 is 0 Å². The van der Waals surface area contributed by atoms with E-state index in [1.54, 1.807) is 13.8 Å². The average molecular weight is 337 g/mol. The Kier molecular flexibility index (Phi) is 4.40. The maximum atomic E-state index is 13.0. The van der Waals surface area contributed by atoms with E-state index in [0.717, 1.165) is 10.8 Å². The maximum absolute atomic E-state index is 13.0. The van der Waals surface area contributed by atoms with Gasteiger partial charge >= 0.3 is 5.97 Å². The summed E-state index contributed by atoms with van der Waals surface area (Å²) in [6.45, 7) is 5.38. The first-order chi connectivity index (χ1) is 11.9. The van der Waals surface area contributed by atoms with Gasteiger partial charge in [-0.2, -0.15) is 4.57 Å². The van der Waals surface area contributed by atoms with Crippen LogP contribution in [0.1, 0.15) is 45.1 Å². The van der Waals surface area contributed by atoms with Crippen molar-refractivity contribution in [1.29, 1.82) is 0 Å². The molecule has 3 aromatic rings. The molecule has 2 heterocycles. The molecule has 25 heavy (non-hydrogen) atoms. The molecule has 0 saturated heterocycles. The molecule has 0 amide bonds. The molecule has 0 spiro atoms. The number of aromatic amines is 1. The number of carbonyl (C=O) groups is 2. The van der Waals surface area contributed by atoms with Crippen molar-refractivity contribution >= 4 is 22.5 Å². The number of aromatic nitrogens is 2. The van der Waals surface area contributed by atoms with E-state index in [1.807, 2.05) is 54.2 Å². The van der Waals surface area contributed by atoms with Crippen LogP contribution in [0.3, 0.4) is 0 Å². The highest BCUT2D eigenvalue weighted by Gasteiger charge is 2.29. The maximum Gasteiger partial charge on any atom is 0.339 e. The van der Waals surface area contributed by atoms with E-state index in [0.29, 0.717) is 22.5 Å². The second-order valence-corrected chi connectivity index (χ2v) is 6.18. The van der Waals surface area contributed by atoms with Crippen molar-refractivity contribution < 1.29 is 18.9 Å². The van der Waals surface area contributed by atoms with Crippen LogP contribution >= 0.6 is 0 Å².